The predicted octanol–water partition coefficient (Wildman–Crippen LogP) is 5.55. The summed E-state index contributed by atoms with van der Waals surface area (Å²) in [4.78, 5) is 9.32. The van der Waals surface area contributed by atoms with Crippen LogP contribution in [0.2, 0.25) is 0 Å². The van der Waals surface area contributed by atoms with Crippen LogP contribution in [0.5, 0.6) is 0 Å². The summed E-state index contributed by atoms with van der Waals surface area (Å²) in [5, 5.41) is 10.6. The van der Waals surface area contributed by atoms with Gasteiger partial charge in [0.2, 0.25) is 0 Å². The Morgan fingerprint density at radius 3 is 1.89 bits per heavy atom. The molecule has 1 saturated heterocycles. The summed E-state index contributed by atoms with van der Waals surface area (Å²) in [5.74, 6) is 0. The van der Waals surface area contributed by atoms with Crippen LogP contribution in [-0.4, -0.2) is 74.2 Å². The van der Waals surface area contributed by atoms with E-state index in [1.54, 1.807) is 0 Å². The Bertz CT molecular complexity index is 715. The molecule has 1 fully saturated rings. The highest BCUT2D eigenvalue weighted by Gasteiger charge is 2.08. The average Bonchev–Trinajstić information content (AvgIpc) is 2.78. The molecule has 0 spiro atoms. The van der Waals surface area contributed by atoms with Crippen LogP contribution in [0.15, 0.2) is 48.7 Å². The molecule has 2 heterocycles. The highest BCUT2D eigenvalue weighted by molar-refractivity contribution is 8.93. The molecule has 0 amide bonds. The third-order valence-corrected chi connectivity index (χ3v) is 5.66. The largest absolute Gasteiger partial charge is 0.315 e. The van der Waals surface area contributed by atoms with Crippen molar-refractivity contribution >= 4 is 102 Å². The van der Waals surface area contributed by atoms with Crippen molar-refractivity contribution in [2.24, 2.45) is 0 Å². The van der Waals surface area contributed by atoms with E-state index in [4.69, 9.17) is 0 Å². The Kier molecular flexibility index (Phi) is 34.8. The van der Waals surface area contributed by atoms with Crippen LogP contribution in [0.1, 0.15) is 29.7 Å². The monoisotopic (exact) mass is 904 g/mol. The van der Waals surface area contributed by atoms with E-state index in [1.165, 1.54) is 24.0 Å². The fourth-order valence-corrected chi connectivity index (χ4v) is 3.97. The Hall–Kier alpha value is 1.05. The van der Waals surface area contributed by atoms with Crippen LogP contribution < -0.4 is 16.0 Å². The Morgan fingerprint density at radius 2 is 1.27 bits per heavy atom. The van der Waals surface area contributed by atoms with Gasteiger partial charge in [-0.2, -0.15) is 0 Å². The minimum Gasteiger partial charge on any atom is -0.315 e. The lowest BCUT2D eigenvalue weighted by molar-refractivity contribution is 0.260. The van der Waals surface area contributed by atoms with Crippen molar-refractivity contribution in [3.05, 3.63) is 65.5 Å². The normalized spacial score (nSPS) is 15.1. The molecule has 6 nitrogen and oxygen atoms in total. The van der Waals surface area contributed by atoms with Gasteiger partial charge in [0.15, 0.2) is 0 Å². The quantitative estimate of drug-likeness (QED) is 0.354. The smallest absolute Gasteiger partial charge is 0.0543 e. The lowest BCUT2D eigenvalue weighted by Crippen LogP contribution is -2.36. The molecule has 0 atom stereocenters. The van der Waals surface area contributed by atoms with E-state index in [0.29, 0.717) is 0 Å². The summed E-state index contributed by atoms with van der Waals surface area (Å²) >= 11 is 0. The van der Waals surface area contributed by atoms with Gasteiger partial charge in [-0.25, -0.2) is 0 Å². The molecular weight excluding hydrogens is 864 g/mol. The SMILES string of the molecule is Br.Br.Br.Br.Br.Br.CN(Cc1ccc(CN2CCCNCCNCCCNCC2)cc1)Cc1ccccn1. The van der Waals surface area contributed by atoms with Gasteiger partial charge < -0.3 is 16.0 Å². The molecule has 0 saturated carbocycles. The van der Waals surface area contributed by atoms with Crippen molar-refractivity contribution in [1.82, 2.24) is 30.7 Å². The number of benzene rings is 1. The molecule has 1 aliphatic rings. The van der Waals surface area contributed by atoms with E-state index in [-0.39, 0.29) is 102 Å². The number of halogens is 6. The molecule has 218 valence electrons. The maximum Gasteiger partial charge on any atom is 0.0543 e. The molecule has 1 aromatic carbocycles. The molecule has 0 radical (unpaired) electrons. The van der Waals surface area contributed by atoms with Crippen molar-refractivity contribution in [3.8, 4) is 0 Å². The molecule has 37 heavy (non-hydrogen) atoms. The van der Waals surface area contributed by atoms with Crippen LogP contribution in [0.25, 0.3) is 0 Å². The molecule has 1 aliphatic heterocycles. The molecule has 0 unspecified atom stereocenters. The first-order chi connectivity index (χ1) is 15.3. The first-order valence-electron chi connectivity index (χ1n) is 11.8. The predicted molar refractivity (Wildman–Crippen MR) is 191 cm³/mol. The van der Waals surface area contributed by atoms with E-state index in [2.05, 4.69) is 74.2 Å². The van der Waals surface area contributed by atoms with Crippen molar-refractivity contribution < 1.29 is 0 Å². The summed E-state index contributed by atoms with van der Waals surface area (Å²) in [7, 11) is 2.15. The van der Waals surface area contributed by atoms with Crippen LogP contribution in [0.3, 0.4) is 0 Å². The Labute approximate surface area is 287 Å². The number of rotatable bonds is 6. The van der Waals surface area contributed by atoms with Crippen LogP contribution in [-0.2, 0) is 19.6 Å². The second-order valence-corrected chi connectivity index (χ2v) is 8.54. The van der Waals surface area contributed by atoms with Gasteiger partial charge in [0.05, 0.1) is 5.69 Å². The van der Waals surface area contributed by atoms with Crippen molar-refractivity contribution in [3.63, 3.8) is 0 Å². The summed E-state index contributed by atoms with van der Waals surface area (Å²) < 4.78 is 0. The first-order valence-corrected chi connectivity index (χ1v) is 11.8. The van der Waals surface area contributed by atoms with Crippen molar-refractivity contribution in [1.29, 1.82) is 0 Å². The Balaban J connectivity index is -0.000000907. The zero-order valence-electron chi connectivity index (χ0n) is 21.6. The van der Waals surface area contributed by atoms with Gasteiger partial charge in [-0.05, 0) is 69.3 Å². The second kappa shape index (κ2) is 28.6. The average molecular weight is 910 g/mol. The molecule has 3 N–H and O–H groups in total. The van der Waals surface area contributed by atoms with Crippen LogP contribution >= 0.6 is 102 Å². The van der Waals surface area contributed by atoms with E-state index in [1.807, 2.05) is 12.3 Å². The summed E-state index contributed by atoms with van der Waals surface area (Å²) in [6.45, 7) is 11.5. The summed E-state index contributed by atoms with van der Waals surface area (Å²) in [6, 6.07) is 15.3. The third-order valence-electron chi connectivity index (χ3n) is 5.66. The van der Waals surface area contributed by atoms with Crippen LogP contribution in [0, 0.1) is 0 Å². The number of nitrogens with one attached hydrogen (secondary N) is 3. The standard InChI is InChI=1S/C25H40N6.6BrH/c1-30(22-25-6-2-3-14-29-25)20-23-7-9-24(10-8-23)21-31-18-5-13-27-16-15-26-11-4-12-28-17-19-31;;;;;;/h2-3,6-10,14,26-28H,4-5,11-13,15-22H2,1H3;6*1H. The third kappa shape index (κ3) is 20.6. The molecule has 1 aromatic heterocycles. The number of pyridine rings is 1. The fourth-order valence-electron chi connectivity index (χ4n) is 3.97. The highest BCUT2D eigenvalue weighted by atomic mass is 79.9. The van der Waals surface area contributed by atoms with E-state index < -0.39 is 0 Å². The fraction of sp³-hybridized carbons (Fsp3) is 0.560. The zero-order chi connectivity index (χ0) is 21.6. The number of hydrogen-bond acceptors (Lipinski definition) is 6. The summed E-state index contributed by atoms with van der Waals surface area (Å²) in [6.07, 6.45) is 4.24. The maximum atomic E-state index is 4.43. The van der Waals surface area contributed by atoms with Gasteiger partial charge in [-0.1, -0.05) is 30.3 Å². The minimum atomic E-state index is 0. The molecule has 0 bridgehead atoms. The molecule has 0 aliphatic carbocycles. The number of aromatic nitrogens is 1. The molecule has 2 aromatic rings. The minimum absolute atomic E-state index is 0. The van der Waals surface area contributed by atoms with Gasteiger partial charge in [0.25, 0.3) is 0 Å². The lowest BCUT2D eigenvalue weighted by atomic mass is 10.1. The lowest BCUT2D eigenvalue weighted by Gasteiger charge is -2.23. The molecular formula is C25H46Br6N6. The number of hydrogen-bond donors (Lipinski definition) is 3. The highest BCUT2D eigenvalue weighted by Crippen LogP contribution is 2.11. The topological polar surface area (TPSA) is 55.5 Å². The van der Waals surface area contributed by atoms with Gasteiger partial charge in [-0.3, -0.25) is 14.8 Å². The Morgan fingerprint density at radius 1 is 0.676 bits per heavy atom. The van der Waals surface area contributed by atoms with Crippen LogP contribution in [0.4, 0.5) is 0 Å². The van der Waals surface area contributed by atoms with Crippen molar-refractivity contribution in [2.75, 3.05) is 59.4 Å². The summed E-state index contributed by atoms with van der Waals surface area (Å²) in [5.41, 5.74) is 3.86. The maximum absolute atomic E-state index is 4.43. The van der Waals surface area contributed by atoms with Gasteiger partial charge >= 0.3 is 0 Å². The van der Waals surface area contributed by atoms with Gasteiger partial charge in [-0.15, -0.1) is 102 Å². The van der Waals surface area contributed by atoms with E-state index >= 15 is 0 Å². The first kappa shape index (κ1) is 45.1. The van der Waals surface area contributed by atoms with E-state index in [9.17, 15) is 0 Å². The zero-order valence-corrected chi connectivity index (χ0v) is 31.9. The van der Waals surface area contributed by atoms with Crippen molar-refractivity contribution in [2.45, 2.75) is 32.5 Å². The second-order valence-electron chi connectivity index (χ2n) is 8.54. The number of nitrogens with zero attached hydrogens (tertiary/aromatic N) is 3. The molecule has 12 heteroatoms. The van der Waals surface area contributed by atoms with Gasteiger partial charge in [0.1, 0.15) is 0 Å². The molecule has 3 rings (SSSR count). The van der Waals surface area contributed by atoms with E-state index in [0.717, 1.165) is 77.7 Å². The van der Waals surface area contributed by atoms with Gasteiger partial charge in [0, 0.05) is 52.0 Å².